The van der Waals surface area contributed by atoms with Crippen LogP contribution in [0.2, 0.25) is 0 Å². The molecule has 0 bridgehead atoms. The second-order valence-corrected chi connectivity index (χ2v) is 19.4. The van der Waals surface area contributed by atoms with Gasteiger partial charge in [-0.15, -0.1) is 0 Å². The van der Waals surface area contributed by atoms with Crippen molar-refractivity contribution in [2.45, 2.75) is 44.9 Å². The van der Waals surface area contributed by atoms with E-state index in [1.165, 1.54) is 21.8 Å². The number of aliphatic carboxylic acids is 1. The number of halogens is 2. The van der Waals surface area contributed by atoms with Crippen molar-refractivity contribution in [2.75, 3.05) is 59.7 Å². The molecule has 3 amide bonds. The molecular formula is C51H49F2N19O5. The highest BCUT2D eigenvalue weighted by atomic mass is 19.3. The van der Waals surface area contributed by atoms with Gasteiger partial charge in [-0.25, -0.2) is 27.8 Å². The number of hydrogen-bond acceptors (Lipinski definition) is 16. The van der Waals surface area contributed by atoms with Gasteiger partial charge in [0, 0.05) is 97.7 Å². The fraction of sp³-hybridized carbons (Fsp3) is 0.294. The van der Waals surface area contributed by atoms with Gasteiger partial charge in [-0.2, -0.15) is 30.9 Å². The molecule has 7 N–H and O–H groups in total. The number of nitrogens with zero attached hydrogens (tertiary/aromatic N) is 15. The number of pyridine rings is 2. The second-order valence-electron chi connectivity index (χ2n) is 19.4. The average molecular weight is 1050 g/mol. The molecule has 0 aromatic carbocycles. The molecule has 3 aliphatic rings. The number of carboxylic acids is 1. The summed E-state index contributed by atoms with van der Waals surface area (Å²) in [5.74, 6) is -3.50. The minimum absolute atomic E-state index is 0.0107. The number of carbonyl (C=O) groups is 4. The number of carbonyl (C=O) groups excluding carboxylic acids is 3. The number of anilines is 4. The lowest BCUT2D eigenvalue weighted by Crippen LogP contribution is -2.59. The first-order valence-electron chi connectivity index (χ1n) is 24.2. The Hall–Kier alpha value is -9.98. The monoisotopic (exact) mass is 1050 g/mol. The van der Waals surface area contributed by atoms with E-state index in [-0.39, 0.29) is 48.1 Å². The Balaban J connectivity index is 0.000000176. The normalized spacial score (nSPS) is 18.5. The van der Waals surface area contributed by atoms with Crippen LogP contribution in [0.5, 0.6) is 0 Å². The molecule has 11 heterocycles. The number of rotatable bonds is 14. The maximum atomic E-state index is 13.1. The summed E-state index contributed by atoms with van der Waals surface area (Å²) in [6, 6.07) is 14.9. The van der Waals surface area contributed by atoms with Crippen LogP contribution < -0.4 is 31.9 Å². The van der Waals surface area contributed by atoms with Gasteiger partial charge in [0.2, 0.25) is 5.91 Å². The standard InChI is InChI=1S/C27H26F2N10O2.C24H23N9O3/c1-16-9-36(23-3-2-17(5-30)6-32-23)12-21(16)35-25-20(26(31)41)8-34-39-11-18(4-22(25)39)19-7-33-38(10-19)13-24(40)37-14-27(28,29)15-37;1-14-9-31(21-3-2-15(5-25)6-27-21)12-19(14)30-23-18(24(26)36)8-29-33-11-16(4-20(23)33)17-7-28-32(10-17)13-22(34)35/h2-4,6-8,10-11,16,21,35H,9,12-15H2,1H3,(H2,31,41);2-4,6-8,10-11,14,19,30H,9,12-13H2,1H3,(H2,26,36)(H,34,35)/t16-,21+;14-,19+/m00/s1. The number of hydrogen-bond donors (Lipinski definition) is 5. The molecule has 392 valence electrons. The van der Waals surface area contributed by atoms with Crippen molar-refractivity contribution in [3.63, 3.8) is 0 Å². The molecule has 0 unspecified atom stereocenters. The number of amides is 3. The van der Waals surface area contributed by atoms with E-state index in [0.29, 0.717) is 52.2 Å². The molecule has 0 radical (unpaired) electrons. The summed E-state index contributed by atoms with van der Waals surface area (Å²) < 4.78 is 32.3. The van der Waals surface area contributed by atoms with E-state index in [9.17, 15) is 28.0 Å². The van der Waals surface area contributed by atoms with Crippen LogP contribution in [0, 0.1) is 34.5 Å². The van der Waals surface area contributed by atoms with Crippen LogP contribution in [0.1, 0.15) is 45.7 Å². The average Bonchev–Trinajstić information content (AvgIpc) is 4.30. The molecular weight excluding hydrogens is 997 g/mol. The smallest absolute Gasteiger partial charge is 0.325 e. The van der Waals surface area contributed by atoms with Gasteiger partial charge in [-0.1, -0.05) is 13.8 Å². The Morgan fingerprint density at radius 3 is 1.49 bits per heavy atom. The lowest BCUT2D eigenvalue weighted by atomic mass is 10.1. The minimum atomic E-state index is -2.82. The zero-order valence-corrected chi connectivity index (χ0v) is 41.4. The summed E-state index contributed by atoms with van der Waals surface area (Å²) in [6.45, 7) is 5.41. The number of nitrogens with two attached hydrogens (primary N) is 2. The van der Waals surface area contributed by atoms with Gasteiger partial charge in [0.25, 0.3) is 17.7 Å². The summed E-state index contributed by atoms with van der Waals surface area (Å²) in [4.78, 5) is 62.1. The van der Waals surface area contributed by atoms with E-state index in [2.05, 4.69) is 76.8 Å². The molecule has 11 rings (SSSR count). The predicted octanol–water partition coefficient (Wildman–Crippen LogP) is 3.56. The van der Waals surface area contributed by atoms with Gasteiger partial charge in [0.15, 0.2) is 0 Å². The molecule has 26 heteroatoms. The maximum absolute atomic E-state index is 13.1. The van der Waals surface area contributed by atoms with Crippen LogP contribution in [0.3, 0.4) is 0 Å². The number of fused-ring (bicyclic) bond motifs is 2. The van der Waals surface area contributed by atoms with E-state index in [4.69, 9.17) is 27.1 Å². The van der Waals surface area contributed by atoms with Crippen LogP contribution in [0.25, 0.3) is 33.3 Å². The van der Waals surface area contributed by atoms with Gasteiger partial charge < -0.3 is 41.9 Å². The van der Waals surface area contributed by atoms with Gasteiger partial charge in [-0.3, -0.25) is 28.5 Å². The Bertz CT molecular complexity index is 3660. The van der Waals surface area contributed by atoms with Crippen LogP contribution in [0.15, 0.2) is 98.4 Å². The molecule has 0 aliphatic carbocycles. The summed E-state index contributed by atoms with van der Waals surface area (Å²) in [5.41, 5.74) is 18.2. The highest BCUT2D eigenvalue weighted by molar-refractivity contribution is 6.03. The zero-order valence-electron chi connectivity index (χ0n) is 41.4. The largest absolute Gasteiger partial charge is 0.480 e. The lowest BCUT2D eigenvalue weighted by Gasteiger charge is -2.38. The number of alkyl halides is 2. The SMILES string of the molecule is C[C@H]1CN(c2ccc(C#N)cn2)C[C@H]1Nc1c(C(N)=O)cnn2cc(-c3cnn(CC(=O)N4CC(F)(F)C4)c3)cc12.C[C@H]1CN(c2ccc(C#N)cn2)C[C@H]1Nc1c(C(N)=O)cnn2cc(-c3cnn(CC(=O)O)c3)cc12. The Labute approximate surface area is 436 Å². The van der Waals surface area contributed by atoms with E-state index in [1.807, 2.05) is 24.3 Å². The number of nitriles is 2. The van der Waals surface area contributed by atoms with Crippen molar-refractivity contribution >= 4 is 57.7 Å². The first-order chi connectivity index (χ1) is 36.9. The minimum Gasteiger partial charge on any atom is -0.480 e. The highest BCUT2D eigenvalue weighted by Crippen LogP contribution is 2.34. The molecule has 3 fully saturated rings. The van der Waals surface area contributed by atoms with Gasteiger partial charge >= 0.3 is 5.97 Å². The number of likely N-dealkylation sites (tertiary alicyclic amines) is 1. The predicted molar refractivity (Wildman–Crippen MR) is 275 cm³/mol. The van der Waals surface area contributed by atoms with E-state index in [0.717, 1.165) is 46.3 Å². The number of nitrogens with one attached hydrogen (secondary N) is 2. The second kappa shape index (κ2) is 20.4. The van der Waals surface area contributed by atoms with Crippen LogP contribution in [-0.2, 0) is 22.7 Å². The van der Waals surface area contributed by atoms with E-state index in [1.54, 1.807) is 70.7 Å². The van der Waals surface area contributed by atoms with Crippen molar-refractivity contribution in [2.24, 2.45) is 23.3 Å². The number of aromatic nitrogens is 10. The first kappa shape index (κ1) is 50.5. The van der Waals surface area contributed by atoms with Gasteiger partial charge in [-0.05, 0) is 48.2 Å². The van der Waals surface area contributed by atoms with Crippen molar-refractivity contribution in [1.29, 1.82) is 10.5 Å². The van der Waals surface area contributed by atoms with Crippen LogP contribution >= 0.6 is 0 Å². The molecule has 77 heavy (non-hydrogen) atoms. The molecule has 4 atom stereocenters. The van der Waals surface area contributed by atoms with Gasteiger partial charge in [0.05, 0.1) is 82.5 Å². The quantitative estimate of drug-likeness (QED) is 0.104. The van der Waals surface area contributed by atoms with Crippen LogP contribution in [-0.4, -0.2) is 140 Å². The van der Waals surface area contributed by atoms with Gasteiger partial charge in [0.1, 0.15) is 36.9 Å². The highest BCUT2D eigenvalue weighted by Gasteiger charge is 2.46. The van der Waals surface area contributed by atoms with Crippen molar-refractivity contribution in [1.82, 2.24) is 53.7 Å². The Morgan fingerprint density at radius 1 is 0.649 bits per heavy atom. The van der Waals surface area contributed by atoms with Crippen LogP contribution in [0.4, 0.5) is 31.8 Å². The molecule has 0 spiro atoms. The summed E-state index contributed by atoms with van der Waals surface area (Å²) >= 11 is 0. The molecule has 8 aromatic rings. The zero-order chi connectivity index (χ0) is 54.3. The molecule has 3 saturated heterocycles. The Morgan fingerprint density at radius 2 is 1.10 bits per heavy atom. The Kier molecular flexibility index (Phi) is 13.4. The number of carboxylic acid groups (broad SMARTS) is 1. The molecule has 24 nitrogen and oxygen atoms in total. The third-order valence-corrected chi connectivity index (χ3v) is 13.8. The third kappa shape index (κ3) is 10.6. The molecule has 8 aromatic heterocycles. The topological polar surface area (TPSA) is 318 Å². The molecule has 0 saturated carbocycles. The number of primary amides is 2. The fourth-order valence-corrected chi connectivity index (χ4v) is 9.70. The molecule has 3 aliphatic heterocycles. The summed E-state index contributed by atoms with van der Waals surface area (Å²) in [6.07, 6.45) is 16.0. The first-order valence-corrected chi connectivity index (χ1v) is 24.2. The van der Waals surface area contributed by atoms with Crippen molar-refractivity contribution in [3.05, 3.63) is 121 Å². The third-order valence-electron chi connectivity index (χ3n) is 13.8. The van der Waals surface area contributed by atoms with Crippen molar-refractivity contribution < 1.29 is 33.1 Å². The summed E-state index contributed by atoms with van der Waals surface area (Å²) in [5, 5.41) is 51.2. The summed E-state index contributed by atoms with van der Waals surface area (Å²) in [7, 11) is 0. The lowest BCUT2D eigenvalue weighted by molar-refractivity contribution is -0.166. The van der Waals surface area contributed by atoms with Crippen molar-refractivity contribution in [3.8, 4) is 34.4 Å². The van der Waals surface area contributed by atoms with E-state index < -0.39 is 42.7 Å². The van der Waals surface area contributed by atoms with E-state index >= 15 is 0 Å². The fourth-order valence-electron chi connectivity index (χ4n) is 9.70. The maximum Gasteiger partial charge on any atom is 0.325 e.